The summed E-state index contributed by atoms with van der Waals surface area (Å²) in [4.78, 5) is 0. The van der Waals surface area contributed by atoms with Crippen molar-refractivity contribution in [2.24, 2.45) is 0 Å². The first-order valence-electron chi connectivity index (χ1n) is 22.7. The molecule has 11 aromatic rings. The molecule has 0 nitrogen and oxygen atoms in total. The van der Waals surface area contributed by atoms with Gasteiger partial charge in [-0.1, -0.05) is 204 Å². The smallest absolute Gasteiger partial charge is 0.0159 e. The lowest BCUT2D eigenvalue weighted by atomic mass is 9.80. The van der Waals surface area contributed by atoms with Crippen molar-refractivity contribution in [3.8, 4) is 66.8 Å². The minimum absolute atomic E-state index is 0.0615. The van der Waals surface area contributed by atoms with Gasteiger partial charge in [0.1, 0.15) is 0 Å². The van der Waals surface area contributed by atoms with Crippen molar-refractivity contribution in [1.29, 1.82) is 0 Å². The third-order valence-corrected chi connectivity index (χ3v) is 15.0. The van der Waals surface area contributed by atoms with Crippen LogP contribution in [0.3, 0.4) is 0 Å². The summed E-state index contributed by atoms with van der Waals surface area (Å²) in [7, 11) is 0. The molecule has 0 spiro atoms. The highest BCUT2D eigenvalue weighted by atomic mass is 14.4. The van der Waals surface area contributed by atoms with Gasteiger partial charge in [-0.25, -0.2) is 0 Å². The molecule has 0 N–H and O–H groups in total. The van der Waals surface area contributed by atoms with Gasteiger partial charge in [0.2, 0.25) is 0 Å². The van der Waals surface area contributed by atoms with Crippen LogP contribution >= 0.6 is 0 Å². The molecule has 64 heavy (non-hydrogen) atoms. The topological polar surface area (TPSA) is 0 Å². The highest BCUT2D eigenvalue weighted by Gasteiger charge is 2.37. The van der Waals surface area contributed by atoms with Crippen molar-refractivity contribution < 1.29 is 0 Å². The molecule has 0 unspecified atom stereocenters. The molecule has 13 rings (SSSR count). The number of rotatable bonds is 4. The van der Waals surface area contributed by atoms with Crippen molar-refractivity contribution in [3.05, 3.63) is 229 Å². The van der Waals surface area contributed by atoms with Crippen LogP contribution in [0.15, 0.2) is 206 Å². The van der Waals surface area contributed by atoms with Crippen LogP contribution < -0.4 is 0 Å². The van der Waals surface area contributed by atoms with Gasteiger partial charge >= 0.3 is 0 Å². The molecule has 0 atom stereocenters. The molecule has 0 fully saturated rings. The lowest BCUT2D eigenvalue weighted by Crippen LogP contribution is -2.14. The van der Waals surface area contributed by atoms with Crippen molar-refractivity contribution in [2.75, 3.05) is 0 Å². The Balaban J connectivity index is 1.07. The van der Waals surface area contributed by atoms with Crippen LogP contribution in [0.5, 0.6) is 0 Å². The molecule has 0 heteroatoms. The van der Waals surface area contributed by atoms with Crippen LogP contribution in [0, 0.1) is 0 Å². The summed E-state index contributed by atoms with van der Waals surface area (Å²) in [5, 5.41) is 10.2. The number of benzene rings is 11. The molecule has 0 aromatic heterocycles. The standard InChI is InChI=1S/C64H46/c1-63(2)58-27-14-12-23-49(58)55-37-44(30-33-59(55)63)62-52-25-10-9-24-51(52)61(43-18-15-17-41(34-43)54-36-42-16-5-6-19-45(42)46-20-7-8-21-47(46)54)53-32-29-39(35-56(53)62)40-28-31-50-48-22-11-13-26-57(48)64(3,4)60(50)38-40/h5-38H,1-4H3. The van der Waals surface area contributed by atoms with Gasteiger partial charge in [0.05, 0.1) is 0 Å². The molecule has 11 aromatic carbocycles. The Kier molecular flexibility index (Phi) is 7.80. The van der Waals surface area contributed by atoms with Crippen LogP contribution in [0.4, 0.5) is 0 Å². The number of hydrogen-bond acceptors (Lipinski definition) is 0. The maximum Gasteiger partial charge on any atom is 0.0159 e. The Morgan fingerprint density at radius 2 is 0.734 bits per heavy atom. The third-order valence-electron chi connectivity index (χ3n) is 15.0. The quantitative estimate of drug-likeness (QED) is 0.123. The fourth-order valence-electron chi connectivity index (χ4n) is 11.9. The highest BCUT2D eigenvalue weighted by molar-refractivity contribution is 6.22. The Labute approximate surface area is 375 Å². The van der Waals surface area contributed by atoms with Crippen LogP contribution in [0.25, 0.3) is 110 Å². The average molecular weight is 815 g/mol. The third kappa shape index (κ3) is 5.23. The lowest BCUT2D eigenvalue weighted by Gasteiger charge is -2.23. The molecule has 0 radical (unpaired) electrons. The zero-order chi connectivity index (χ0) is 42.9. The Morgan fingerprint density at radius 1 is 0.234 bits per heavy atom. The second kappa shape index (κ2) is 13.5. The maximum atomic E-state index is 2.49. The van der Waals surface area contributed by atoms with E-state index in [2.05, 4.69) is 234 Å². The summed E-state index contributed by atoms with van der Waals surface area (Å²) >= 11 is 0. The van der Waals surface area contributed by atoms with E-state index in [9.17, 15) is 0 Å². The minimum Gasteiger partial charge on any atom is -0.0619 e. The van der Waals surface area contributed by atoms with Gasteiger partial charge in [-0.2, -0.15) is 0 Å². The van der Waals surface area contributed by atoms with Crippen molar-refractivity contribution in [1.82, 2.24) is 0 Å². The van der Waals surface area contributed by atoms with Gasteiger partial charge in [0, 0.05) is 10.8 Å². The van der Waals surface area contributed by atoms with E-state index in [1.807, 2.05) is 0 Å². The molecule has 0 heterocycles. The zero-order valence-electron chi connectivity index (χ0n) is 36.6. The first kappa shape index (κ1) is 37.1. The van der Waals surface area contributed by atoms with E-state index in [0.29, 0.717) is 0 Å². The molecule has 0 aliphatic heterocycles. The van der Waals surface area contributed by atoms with Crippen molar-refractivity contribution in [2.45, 2.75) is 38.5 Å². The van der Waals surface area contributed by atoms with E-state index in [1.54, 1.807) is 0 Å². The van der Waals surface area contributed by atoms with E-state index in [0.717, 1.165) is 0 Å². The monoisotopic (exact) mass is 814 g/mol. The Morgan fingerprint density at radius 3 is 1.50 bits per heavy atom. The van der Waals surface area contributed by atoms with Gasteiger partial charge in [-0.05, 0) is 162 Å². The van der Waals surface area contributed by atoms with E-state index in [4.69, 9.17) is 0 Å². The van der Waals surface area contributed by atoms with Crippen molar-refractivity contribution in [3.63, 3.8) is 0 Å². The summed E-state index contributed by atoms with van der Waals surface area (Å²) in [6.07, 6.45) is 0. The SMILES string of the molecule is CC1(C)c2ccccc2-c2cc(-c3c4ccccc4c(-c4cccc(-c5cc6ccccc6c6ccccc56)c4)c4ccc(-c5ccc6c(c5)C(C)(C)c5ccccc5-6)cc34)ccc21. The van der Waals surface area contributed by atoms with Crippen LogP contribution in [0.1, 0.15) is 49.9 Å². The highest BCUT2D eigenvalue weighted by Crippen LogP contribution is 2.53. The Bertz CT molecular complexity index is 3780. The van der Waals surface area contributed by atoms with Crippen molar-refractivity contribution >= 4 is 43.1 Å². The summed E-state index contributed by atoms with van der Waals surface area (Å²) in [6, 6.07) is 78.1. The van der Waals surface area contributed by atoms with Crippen LogP contribution in [-0.2, 0) is 10.8 Å². The lowest BCUT2D eigenvalue weighted by molar-refractivity contribution is 0.660. The molecule has 2 aliphatic carbocycles. The van der Waals surface area contributed by atoms with E-state index < -0.39 is 0 Å². The molecule has 2 aliphatic rings. The average Bonchev–Trinajstić information content (AvgIpc) is 3.71. The van der Waals surface area contributed by atoms with E-state index in [-0.39, 0.29) is 10.8 Å². The molecular weight excluding hydrogens is 769 g/mol. The summed E-state index contributed by atoms with van der Waals surface area (Å²) in [5.41, 5.74) is 20.8. The minimum atomic E-state index is -0.0802. The number of fused-ring (bicyclic) bond motifs is 11. The molecule has 0 saturated heterocycles. The summed E-state index contributed by atoms with van der Waals surface area (Å²) in [5.74, 6) is 0. The van der Waals surface area contributed by atoms with Gasteiger partial charge in [0.25, 0.3) is 0 Å². The van der Waals surface area contributed by atoms with Gasteiger partial charge in [0.15, 0.2) is 0 Å². The van der Waals surface area contributed by atoms with E-state index >= 15 is 0 Å². The predicted octanol–water partition coefficient (Wildman–Crippen LogP) is 17.6. The first-order chi connectivity index (χ1) is 31.3. The van der Waals surface area contributed by atoms with Gasteiger partial charge in [-0.3, -0.25) is 0 Å². The molecule has 0 saturated carbocycles. The second-order valence-corrected chi connectivity index (χ2v) is 19.2. The fourth-order valence-corrected chi connectivity index (χ4v) is 11.9. The first-order valence-corrected chi connectivity index (χ1v) is 22.7. The summed E-state index contributed by atoms with van der Waals surface area (Å²) < 4.78 is 0. The zero-order valence-corrected chi connectivity index (χ0v) is 36.6. The van der Waals surface area contributed by atoms with Crippen LogP contribution in [-0.4, -0.2) is 0 Å². The largest absolute Gasteiger partial charge is 0.0619 e. The molecule has 0 bridgehead atoms. The predicted molar refractivity (Wildman–Crippen MR) is 273 cm³/mol. The van der Waals surface area contributed by atoms with Crippen LogP contribution in [0.2, 0.25) is 0 Å². The van der Waals surface area contributed by atoms with Gasteiger partial charge < -0.3 is 0 Å². The fraction of sp³-hybridized carbons (Fsp3) is 0.0938. The van der Waals surface area contributed by atoms with Gasteiger partial charge in [-0.15, -0.1) is 0 Å². The summed E-state index contributed by atoms with van der Waals surface area (Å²) in [6.45, 7) is 9.49. The molecule has 302 valence electrons. The number of hydrogen-bond donors (Lipinski definition) is 0. The maximum absolute atomic E-state index is 2.49. The molecular formula is C64H46. The Hall–Kier alpha value is -7.54. The normalized spacial score (nSPS) is 14.2. The molecule has 0 amide bonds. The van der Waals surface area contributed by atoms with E-state index in [1.165, 1.54) is 132 Å². The second-order valence-electron chi connectivity index (χ2n) is 19.2.